The third-order valence-corrected chi connectivity index (χ3v) is 3.61. The molecule has 112 valence electrons. The van der Waals surface area contributed by atoms with Crippen molar-refractivity contribution in [1.82, 2.24) is 9.88 Å². The molecular formula is C16H20N2O3. The third kappa shape index (κ3) is 4.15. The van der Waals surface area contributed by atoms with E-state index in [-0.39, 0.29) is 11.3 Å². The summed E-state index contributed by atoms with van der Waals surface area (Å²) in [5, 5.41) is 8.63. The number of rotatable bonds is 3. The van der Waals surface area contributed by atoms with Crippen LogP contribution in [0.2, 0.25) is 0 Å². The van der Waals surface area contributed by atoms with E-state index >= 15 is 0 Å². The molecule has 2 rings (SSSR count). The van der Waals surface area contributed by atoms with E-state index in [0.29, 0.717) is 11.1 Å². The van der Waals surface area contributed by atoms with Gasteiger partial charge in [0.2, 0.25) is 0 Å². The zero-order valence-corrected chi connectivity index (χ0v) is 12.4. The molecule has 1 fully saturated rings. The monoisotopic (exact) mass is 288 g/mol. The van der Waals surface area contributed by atoms with Gasteiger partial charge < -0.3 is 10.0 Å². The van der Waals surface area contributed by atoms with E-state index in [2.05, 4.69) is 18.8 Å². The molecule has 0 unspecified atom stereocenters. The number of likely N-dealkylation sites (tertiary alicyclic amines) is 1. The van der Waals surface area contributed by atoms with Crippen LogP contribution in [0.4, 0.5) is 0 Å². The van der Waals surface area contributed by atoms with E-state index in [1.165, 1.54) is 18.5 Å². The highest BCUT2D eigenvalue weighted by atomic mass is 16.4. The lowest BCUT2D eigenvalue weighted by Gasteiger charge is -2.38. The van der Waals surface area contributed by atoms with Crippen LogP contribution in [0.15, 0.2) is 24.5 Å². The number of hydrogen-bond donors (Lipinski definition) is 1. The Labute approximate surface area is 124 Å². The summed E-state index contributed by atoms with van der Waals surface area (Å²) in [6.45, 7) is 5.83. The van der Waals surface area contributed by atoms with Crippen LogP contribution in [-0.4, -0.2) is 40.0 Å². The molecule has 1 aromatic heterocycles. The van der Waals surface area contributed by atoms with Crippen LogP contribution in [0.1, 0.15) is 42.6 Å². The summed E-state index contributed by atoms with van der Waals surface area (Å²) < 4.78 is 0. The molecule has 0 saturated carbocycles. The molecule has 0 radical (unpaired) electrons. The Hall–Kier alpha value is -2.17. The summed E-state index contributed by atoms with van der Waals surface area (Å²) in [4.78, 5) is 28.9. The highest BCUT2D eigenvalue weighted by Gasteiger charge is 2.29. The normalized spacial score (nSPS) is 17.9. The lowest BCUT2D eigenvalue weighted by Crippen LogP contribution is -2.43. The lowest BCUT2D eigenvalue weighted by atomic mass is 9.84. The smallest absolute Gasteiger partial charge is 0.328 e. The summed E-state index contributed by atoms with van der Waals surface area (Å²) in [5.74, 6) is -1.06. The Morgan fingerprint density at radius 2 is 2.14 bits per heavy atom. The van der Waals surface area contributed by atoms with E-state index in [1.54, 1.807) is 6.07 Å². The van der Waals surface area contributed by atoms with Gasteiger partial charge in [0.15, 0.2) is 0 Å². The first-order chi connectivity index (χ1) is 9.87. The number of hydrogen-bond acceptors (Lipinski definition) is 3. The predicted octanol–water partition coefficient (Wildman–Crippen LogP) is 2.44. The number of carboxylic acids is 1. The van der Waals surface area contributed by atoms with Crippen molar-refractivity contribution in [1.29, 1.82) is 0 Å². The summed E-state index contributed by atoms with van der Waals surface area (Å²) in [5.41, 5.74) is 1.25. The van der Waals surface area contributed by atoms with Gasteiger partial charge >= 0.3 is 5.97 Å². The van der Waals surface area contributed by atoms with Crippen LogP contribution >= 0.6 is 0 Å². The maximum Gasteiger partial charge on any atom is 0.328 e. The van der Waals surface area contributed by atoms with Crippen molar-refractivity contribution in [3.63, 3.8) is 0 Å². The van der Waals surface area contributed by atoms with Gasteiger partial charge in [-0.2, -0.15) is 0 Å². The summed E-state index contributed by atoms with van der Waals surface area (Å²) in [6, 6.07) is 1.68. The zero-order chi connectivity index (χ0) is 15.5. The van der Waals surface area contributed by atoms with Crippen molar-refractivity contribution in [2.75, 3.05) is 13.1 Å². The van der Waals surface area contributed by atoms with E-state index in [1.807, 2.05) is 4.90 Å². The van der Waals surface area contributed by atoms with Gasteiger partial charge in [-0.3, -0.25) is 9.78 Å². The average Bonchev–Trinajstić information content (AvgIpc) is 2.43. The van der Waals surface area contributed by atoms with Crippen LogP contribution in [0, 0.1) is 5.41 Å². The number of nitrogens with zero attached hydrogens (tertiary/aromatic N) is 2. The molecule has 1 saturated heterocycles. The molecule has 1 amide bonds. The SMILES string of the molecule is CC1(C)CCCN(C(=O)c2cncc(C=CC(=O)O)c2)C1. The van der Waals surface area contributed by atoms with Crippen molar-refractivity contribution in [3.8, 4) is 0 Å². The van der Waals surface area contributed by atoms with E-state index in [9.17, 15) is 9.59 Å². The third-order valence-electron chi connectivity index (χ3n) is 3.61. The number of aliphatic carboxylic acids is 1. The Balaban J connectivity index is 2.16. The van der Waals surface area contributed by atoms with Gasteiger partial charge in [-0.15, -0.1) is 0 Å². The second kappa shape index (κ2) is 6.08. The number of pyridine rings is 1. The molecular weight excluding hydrogens is 268 g/mol. The fourth-order valence-electron chi connectivity index (χ4n) is 2.61. The number of amides is 1. The minimum Gasteiger partial charge on any atom is -0.478 e. The molecule has 0 aromatic carbocycles. The maximum atomic E-state index is 12.5. The molecule has 21 heavy (non-hydrogen) atoms. The fourth-order valence-corrected chi connectivity index (χ4v) is 2.61. The lowest BCUT2D eigenvalue weighted by molar-refractivity contribution is -0.131. The number of carbonyl (C=O) groups excluding carboxylic acids is 1. The first-order valence-electron chi connectivity index (χ1n) is 7.03. The second-order valence-electron chi connectivity index (χ2n) is 6.17. The number of piperidine rings is 1. The Morgan fingerprint density at radius 3 is 2.81 bits per heavy atom. The zero-order valence-electron chi connectivity index (χ0n) is 12.4. The van der Waals surface area contributed by atoms with E-state index < -0.39 is 5.97 Å². The number of aromatic nitrogens is 1. The highest BCUT2D eigenvalue weighted by molar-refractivity contribution is 5.95. The second-order valence-corrected chi connectivity index (χ2v) is 6.17. The molecule has 5 nitrogen and oxygen atoms in total. The van der Waals surface area contributed by atoms with Gasteiger partial charge in [0.25, 0.3) is 5.91 Å². The van der Waals surface area contributed by atoms with Crippen molar-refractivity contribution in [2.45, 2.75) is 26.7 Å². The highest BCUT2D eigenvalue weighted by Crippen LogP contribution is 2.29. The number of carboxylic acid groups (broad SMARTS) is 1. The topological polar surface area (TPSA) is 70.5 Å². The van der Waals surface area contributed by atoms with Gasteiger partial charge in [-0.05, 0) is 36.0 Å². The maximum absolute atomic E-state index is 12.5. The van der Waals surface area contributed by atoms with Gasteiger partial charge in [0.05, 0.1) is 5.56 Å². The van der Waals surface area contributed by atoms with Crippen molar-refractivity contribution in [2.24, 2.45) is 5.41 Å². The molecule has 1 N–H and O–H groups in total. The molecule has 0 bridgehead atoms. The molecule has 5 heteroatoms. The number of carbonyl (C=O) groups is 2. The minimum absolute atomic E-state index is 0.0409. The van der Waals surface area contributed by atoms with Crippen LogP contribution in [0.5, 0.6) is 0 Å². The molecule has 0 atom stereocenters. The molecule has 1 aliphatic heterocycles. The summed E-state index contributed by atoms with van der Waals surface area (Å²) in [7, 11) is 0. The van der Waals surface area contributed by atoms with Crippen LogP contribution < -0.4 is 0 Å². The molecule has 1 aliphatic rings. The van der Waals surface area contributed by atoms with Gasteiger partial charge in [-0.1, -0.05) is 13.8 Å². The minimum atomic E-state index is -1.02. The Morgan fingerprint density at radius 1 is 1.38 bits per heavy atom. The summed E-state index contributed by atoms with van der Waals surface area (Å²) >= 11 is 0. The Kier molecular flexibility index (Phi) is 4.40. The van der Waals surface area contributed by atoms with Gasteiger partial charge in [-0.25, -0.2) is 4.79 Å². The first kappa shape index (κ1) is 15.2. The quantitative estimate of drug-likeness (QED) is 0.867. The first-order valence-corrected chi connectivity index (χ1v) is 7.03. The van der Waals surface area contributed by atoms with Gasteiger partial charge in [0.1, 0.15) is 0 Å². The Bertz CT molecular complexity index is 579. The van der Waals surface area contributed by atoms with Crippen LogP contribution in [0.25, 0.3) is 6.08 Å². The van der Waals surface area contributed by atoms with Crippen molar-refractivity contribution >= 4 is 18.0 Å². The molecule has 1 aromatic rings. The van der Waals surface area contributed by atoms with Crippen LogP contribution in [-0.2, 0) is 4.79 Å². The summed E-state index contributed by atoms with van der Waals surface area (Å²) in [6.07, 6.45) is 7.67. The van der Waals surface area contributed by atoms with Crippen molar-refractivity contribution < 1.29 is 14.7 Å². The molecule has 0 spiro atoms. The van der Waals surface area contributed by atoms with Gasteiger partial charge in [0, 0.05) is 31.6 Å². The predicted molar refractivity (Wildman–Crippen MR) is 79.8 cm³/mol. The average molecular weight is 288 g/mol. The van der Waals surface area contributed by atoms with Crippen molar-refractivity contribution in [3.05, 3.63) is 35.7 Å². The molecule has 0 aliphatic carbocycles. The van der Waals surface area contributed by atoms with Crippen LogP contribution in [0.3, 0.4) is 0 Å². The fraction of sp³-hybridized carbons (Fsp3) is 0.438. The van der Waals surface area contributed by atoms with E-state index in [0.717, 1.165) is 32.0 Å². The largest absolute Gasteiger partial charge is 0.478 e. The van der Waals surface area contributed by atoms with E-state index in [4.69, 9.17) is 5.11 Å². The molecule has 2 heterocycles. The standard InChI is InChI=1S/C16H20N2O3/c1-16(2)6-3-7-18(11-16)15(21)13-8-12(9-17-10-13)4-5-14(19)20/h4-5,8-10H,3,6-7,11H2,1-2H3,(H,19,20).